The van der Waals surface area contributed by atoms with E-state index in [-0.39, 0.29) is 5.91 Å². The molecule has 0 spiro atoms. The Morgan fingerprint density at radius 1 is 1.55 bits per heavy atom. The number of rotatable bonds is 4. The maximum atomic E-state index is 12.2. The van der Waals surface area contributed by atoms with Crippen LogP contribution in [0.25, 0.3) is 0 Å². The van der Waals surface area contributed by atoms with Gasteiger partial charge in [-0.25, -0.2) is 4.79 Å². The predicted octanol–water partition coefficient (Wildman–Crippen LogP) is 2.09. The van der Waals surface area contributed by atoms with Crippen LogP contribution in [0.5, 0.6) is 5.75 Å². The van der Waals surface area contributed by atoms with E-state index in [1.165, 1.54) is 16.7 Å². The van der Waals surface area contributed by atoms with E-state index in [1.54, 1.807) is 31.2 Å². The minimum absolute atomic E-state index is 0.331. The van der Waals surface area contributed by atoms with Crippen LogP contribution in [0.1, 0.15) is 6.92 Å². The molecule has 5 nitrogen and oxygen atoms in total. The molecule has 108 valence electrons. The monoisotopic (exact) mass is 315 g/mol. The van der Waals surface area contributed by atoms with E-state index in [0.717, 1.165) is 0 Å². The third kappa shape index (κ3) is 3.37. The van der Waals surface area contributed by atoms with Crippen molar-refractivity contribution in [2.75, 3.05) is 11.6 Å². The summed E-state index contributed by atoms with van der Waals surface area (Å²) >= 11 is 7.26. The topological polar surface area (TPSA) is 66.8 Å². The molecule has 0 aromatic heterocycles. The van der Waals surface area contributed by atoms with E-state index in [1.807, 2.05) is 0 Å². The quantitative estimate of drug-likeness (QED) is 0.921. The van der Waals surface area contributed by atoms with E-state index in [9.17, 15) is 9.59 Å². The van der Waals surface area contributed by atoms with Crippen LogP contribution in [0, 0.1) is 0 Å². The van der Waals surface area contributed by atoms with Crippen LogP contribution in [0.2, 0.25) is 5.02 Å². The van der Waals surface area contributed by atoms with Gasteiger partial charge < -0.3 is 14.7 Å². The molecule has 1 aromatic rings. The maximum Gasteiger partial charge on any atom is 0.327 e. The number of halogens is 1. The highest BCUT2D eigenvalue weighted by molar-refractivity contribution is 7.99. The molecule has 0 aliphatic carbocycles. The molecule has 0 bridgehead atoms. The molecular formula is C13H14ClNO4S. The van der Waals surface area contributed by atoms with Crippen molar-refractivity contribution in [3.05, 3.63) is 29.3 Å². The largest absolute Gasteiger partial charge is 0.481 e. The first-order valence-electron chi connectivity index (χ1n) is 6.02. The summed E-state index contributed by atoms with van der Waals surface area (Å²) in [4.78, 5) is 24.7. The number of hydrogen-bond donors (Lipinski definition) is 1. The van der Waals surface area contributed by atoms with Crippen molar-refractivity contribution in [2.24, 2.45) is 0 Å². The second-order valence-corrected chi connectivity index (χ2v) is 5.82. The molecule has 0 saturated carbocycles. The molecule has 20 heavy (non-hydrogen) atoms. The van der Waals surface area contributed by atoms with Crippen LogP contribution in [-0.2, 0) is 9.59 Å². The number of carbonyl (C=O) groups is 2. The third-order valence-electron chi connectivity index (χ3n) is 2.91. The number of carbonyl (C=O) groups excluding carboxylic acids is 1. The average molecular weight is 316 g/mol. The lowest BCUT2D eigenvalue weighted by atomic mass is 10.2. The number of carboxylic acid groups (broad SMARTS) is 1. The Hall–Kier alpha value is -1.40. The summed E-state index contributed by atoms with van der Waals surface area (Å²) in [5.41, 5.74) is 0. The normalized spacial score (nSPS) is 19.7. The molecule has 1 saturated heterocycles. The summed E-state index contributed by atoms with van der Waals surface area (Å²) in [5, 5.41) is 9.59. The summed E-state index contributed by atoms with van der Waals surface area (Å²) < 4.78 is 5.52. The molecule has 1 N–H and O–H groups in total. The number of nitrogens with zero attached hydrogens (tertiary/aromatic N) is 1. The summed E-state index contributed by atoms with van der Waals surface area (Å²) in [6, 6.07) is 5.96. The maximum absolute atomic E-state index is 12.2. The molecule has 2 unspecified atom stereocenters. The summed E-state index contributed by atoms with van der Waals surface area (Å²) in [6.45, 7) is 1.60. The molecular weight excluding hydrogens is 302 g/mol. The Kier molecular flexibility index (Phi) is 4.77. The number of benzene rings is 1. The second kappa shape index (κ2) is 6.37. The minimum atomic E-state index is -0.988. The number of ether oxygens (including phenoxy) is 1. The van der Waals surface area contributed by atoms with Crippen molar-refractivity contribution in [3.8, 4) is 5.75 Å². The molecule has 1 aliphatic rings. The van der Waals surface area contributed by atoms with Crippen molar-refractivity contribution in [1.29, 1.82) is 0 Å². The van der Waals surface area contributed by atoms with Gasteiger partial charge in [0, 0.05) is 10.8 Å². The van der Waals surface area contributed by atoms with E-state index in [0.29, 0.717) is 22.4 Å². The molecule has 1 aromatic carbocycles. The van der Waals surface area contributed by atoms with Gasteiger partial charge in [0.1, 0.15) is 11.8 Å². The standard InChI is InChI=1S/C13H14ClNO4S/c1-8(19-10-4-2-3-9(14)5-10)12(16)15-7-20-6-11(15)13(17)18/h2-5,8,11H,6-7H2,1H3,(H,17,18). The molecule has 1 fully saturated rings. The first kappa shape index (κ1) is 15.0. The van der Waals surface area contributed by atoms with Crippen LogP contribution in [-0.4, -0.2) is 45.7 Å². The summed E-state index contributed by atoms with van der Waals surface area (Å²) in [7, 11) is 0. The van der Waals surface area contributed by atoms with Gasteiger partial charge in [-0.2, -0.15) is 0 Å². The van der Waals surface area contributed by atoms with Gasteiger partial charge in [0.05, 0.1) is 5.88 Å². The Balaban J connectivity index is 2.03. The Morgan fingerprint density at radius 2 is 2.30 bits per heavy atom. The van der Waals surface area contributed by atoms with Crippen LogP contribution in [0.4, 0.5) is 0 Å². The highest BCUT2D eigenvalue weighted by Gasteiger charge is 2.37. The molecule has 2 rings (SSSR count). The number of amides is 1. The van der Waals surface area contributed by atoms with E-state index in [2.05, 4.69) is 0 Å². The van der Waals surface area contributed by atoms with E-state index in [4.69, 9.17) is 21.4 Å². The van der Waals surface area contributed by atoms with Gasteiger partial charge in [-0.15, -0.1) is 11.8 Å². The highest BCUT2D eigenvalue weighted by atomic mass is 35.5. The lowest BCUT2D eigenvalue weighted by Gasteiger charge is -2.24. The minimum Gasteiger partial charge on any atom is -0.481 e. The van der Waals surface area contributed by atoms with E-state index >= 15 is 0 Å². The Morgan fingerprint density at radius 3 is 2.95 bits per heavy atom. The van der Waals surface area contributed by atoms with Crippen molar-refractivity contribution >= 4 is 35.2 Å². The molecule has 2 atom stereocenters. The van der Waals surface area contributed by atoms with Gasteiger partial charge in [0.15, 0.2) is 6.10 Å². The summed E-state index contributed by atoms with van der Waals surface area (Å²) in [6.07, 6.45) is -0.756. The zero-order valence-electron chi connectivity index (χ0n) is 10.8. The van der Waals surface area contributed by atoms with Crippen molar-refractivity contribution in [2.45, 2.75) is 19.1 Å². The van der Waals surface area contributed by atoms with Gasteiger partial charge >= 0.3 is 5.97 Å². The van der Waals surface area contributed by atoms with E-state index < -0.39 is 18.1 Å². The average Bonchev–Trinajstić information content (AvgIpc) is 2.87. The number of hydrogen-bond acceptors (Lipinski definition) is 4. The van der Waals surface area contributed by atoms with Gasteiger partial charge in [0.25, 0.3) is 5.91 Å². The van der Waals surface area contributed by atoms with Crippen molar-refractivity contribution in [3.63, 3.8) is 0 Å². The molecule has 0 radical (unpaired) electrons. The second-order valence-electron chi connectivity index (χ2n) is 4.38. The molecule has 1 aliphatic heterocycles. The first-order chi connectivity index (χ1) is 9.49. The molecule has 7 heteroatoms. The fraction of sp³-hybridized carbons (Fsp3) is 0.385. The van der Waals surface area contributed by atoms with Crippen molar-refractivity contribution < 1.29 is 19.4 Å². The lowest BCUT2D eigenvalue weighted by molar-refractivity contribution is -0.150. The molecule has 1 heterocycles. The summed E-state index contributed by atoms with van der Waals surface area (Å²) in [5.74, 6) is -0.0537. The SMILES string of the molecule is CC(Oc1cccc(Cl)c1)C(=O)N1CSCC1C(=O)O. The third-order valence-corrected chi connectivity index (χ3v) is 4.15. The Labute approximate surface area is 125 Å². The van der Waals surface area contributed by atoms with Crippen molar-refractivity contribution in [1.82, 2.24) is 4.90 Å². The number of aliphatic carboxylic acids is 1. The van der Waals surface area contributed by atoms with Gasteiger partial charge in [-0.05, 0) is 25.1 Å². The van der Waals surface area contributed by atoms with Crippen LogP contribution < -0.4 is 4.74 Å². The van der Waals surface area contributed by atoms with Gasteiger partial charge in [0.2, 0.25) is 0 Å². The van der Waals surface area contributed by atoms with Gasteiger partial charge in [-0.3, -0.25) is 4.79 Å². The number of thioether (sulfide) groups is 1. The predicted molar refractivity (Wildman–Crippen MR) is 77.1 cm³/mol. The van der Waals surface area contributed by atoms with Crippen LogP contribution >= 0.6 is 23.4 Å². The van der Waals surface area contributed by atoms with Gasteiger partial charge in [-0.1, -0.05) is 17.7 Å². The number of carboxylic acids is 1. The molecule has 1 amide bonds. The smallest absolute Gasteiger partial charge is 0.327 e. The zero-order valence-corrected chi connectivity index (χ0v) is 12.4. The highest BCUT2D eigenvalue weighted by Crippen LogP contribution is 2.24. The van der Waals surface area contributed by atoms with Crippen LogP contribution in [0.15, 0.2) is 24.3 Å². The first-order valence-corrected chi connectivity index (χ1v) is 7.55. The lowest BCUT2D eigenvalue weighted by Crippen LogP contribution is -2.47. The fourth-order valence-corrected chi connectivity index (χ4v) is 3.23. The Bertz CT molecular complexity index is 525. The zero-order chi connectivity index (χ0) is 14.7. The van der Waals surface area contributed by atoms with Crippen LogP contribution in [0.3, 0.4) is 0 Å². The fourth-order valence-electron chi connectivity index (χ4n) is 1.89.